The maximum absolute atomic E-state index is 12.6. The van der Waals surface area contributed by atoms with Crippen LogP contribution in [0.2, 0.25) is 0 Å². The molecule has 0 atom stereocenters. The van der Waals surface area contributed by atoms with E-state index in [1.165, 1.54) is 12.0 Å². The first-order valence-corrected chi connectivity index (χ1v) is 7.58. The number of nitrogens with two attached hydrogens (primary N) is 1. The van der Waals surface area contributed by atoms with Crippen molar-refractivity contribution in [2.45, 2.75) is 18.4 Å². The van der Waals surface area contributed by atoms with E-state index in [9.17, 15) is 14.4 Å². The molecule has 1 fully saturated rings. The zero-order chi connectivity index (χ0) is 17.7. The highest BCUT2D eigenvalue weighted by molar-refractivity contribution is 5.89. The molecule has 1 aliphatic rings. The molecule has 1 saturated heterocycles. The second-order valence-electron chi connectivity index (χ2n) is 5.68. The van der Waals surface area contributed by atoms with Crippen LogP contribution in [-0.2, 0) is 14.3 Å². The lowest BCUT2D eigenvalue weighted by atomic mass is 9.85. The molecule has 130 valence electrons. The molecule has 8 heteroatoms. The molecular formula is C16H21N3O5. The van der Waals surface area contributed by atoms with Crippen LogP contribution in [0.5, 0.6) is 0 Å². The number of anilines is 1. The fraction of sp³-hybridized carbons (Fsp3) is 0.438. The third-order valence-electron chi connectivity index (χ3n) is 4.32. The van der Waals surface area contributed by atoms with Gasteiger partial charge < -0.3 is 25.4 Å². The third-order valence-corrected chi connectivity index (χ3v) is 4.32. The molecule has 2 rings (SSSR count). The minimum absolute atomic E-state index is 0.161. The molecule has 1 aliphatic heterocycles. The highest BCUT2D eigenvalue weighted by atomic mass is 16.5. The first-order chi connectivity index (χ1) is 11.4. The second kappa shape index (κ2) is 7.20. The Hall–Kier alpha value is -2.77. The maximum Gasteiger partial charge on any atom is 0.407 e. The monoisotopic (exact) mass is 335 g/mol. The van der Waals surface area contributed by atoms with E-state index in [2.05, 4.69) is 0 Å². The number of para-hydroxylation sites is 1. The number of carbonyl (C=O) groups is 3. The van der Waals surface area contributed by atoms with Crippen LogP contribution in [0.15, 0.2) is 30.3 Å². The van der Waals surface area contributed by atoms with Crippen LogP contribution in [0.25, 0.3) is 0 Å². The summed E-state index contributed by atoms with van der Waals surface area (Å²) in [6.07, 6.45) is -0.600. The van der Waals surface area contributed by atoms with Gasteiger partial charge in [-0.25, -0.2) is 9.59 Å². The fourth-order valence-electron chi connectivity index (χ4n) is 3.10. The van der Waals surface area contributed by atoms with Crippen molar-refractivity contribution in [1.82, 2.24) is 4.90 Å². The number of hydrogen-bond acceptors (Lipinski definition) is 5. The first-order valence-electron chi connectivity index (χ1n) is 7.58. The van der Waals surface area contributed by atoms with Crippen molar-refractivity contribution in [3.8, 4) is 0 Å². The zero-order valence-electron chi connectivity index (χ0n) is 13.5. The van der Waals surface area contributed by atoms with Crippen LogP contribution in [0, 0.1) is 0 Å². The second-order valence-corrected chi connectivity index (χ2v) is 5.68. The number of amides is 2. The Labute approximate surface area is 139 Å². The summed E-state index contributed by atoms with van der Waals surface area (Å²) in [6.45, 7) is 0.186. The Bertz CT molecular complexity index is 611. The minimum Gasteiger partial charge on any atom is -0.467 e. The summed E-state index contributed by atoms with van der Waals surface area (Å²) in [5, 5.41) is 9.13. The third kappa shape index (κ3) is 3.42. The van der Waals surface area contributed by atoms with E-state index in [0.29, 0.717) is 5.69 Å². The minimum atomic E-state index is -1.13. The summed E-state index contributed by atoms with van der Waals surface area (Å²) < 4.78 is 4.97. The Morgan fingerprint density at radius 1 is 1.25 bits per heavy atom. The Morgan fingerprint density at radius 2 is 1.83 bits per heavy atom. The van der Waals surface area contributed by atoms with Crippen molar-refractivity contribution in [2.24, 2.45) is 5.73 Å². The SMILES string of the molecule is COC(=O)C1(N(CC(N)=O)c2ccccc2)CCN(C(=O)O)CC1. The fourth-order valence-corrected chi connectivity index (χ4v) is 3.10. The van der Waals surface area contributed by atoms with Gasteiger partial charge in [-0.15, -0.1) is 0 Å². The molecule has 0 spiro atoms. The van der Waals surface area contributed by atoms with Crippen LogP contribution in [-0.4, -0.2) is 60.3 Å². The number of primary amides is 1. The molecule has 3 N–H and O–H groups in total. The summed E-state index contributed by atoms with van der Waals surface area (Å²) in [7, 11) is 1.28. The number of carboxylic acid groups (broad SMARTS) is 1. The summed E-state index contributed by atoms with van der Waals surface area (Å²) in [5.74, 6) is -1.08. The van der Waals surface area contributed by atoms with Gasteiger partial charge >= 0.3 is 12.1 Å². The predicted octanol–water partition coefficient (Wildman–Crippen LogP) is 0.664. The van der Waals surface area contributed by atoms with E-state index in [4.69, 9.17) is 15.6 Å². The van der Waals surface area contributed by atoms with Gasteiger partial charge in [0.25, 0.3) is 0 Å². The number of hydrogen-bond donors (Lipinski definition) is 2. The lowest BCUT2D eigenvalue weighted by molar-refractivity contribution is -0.149. The highest BCUT2D eigenvalue weighted by Crippen LogP contribution is 2.34. The van der Waals surface area contributed by atoms with Gasteiger partial charge in [0.15, 0.2) is 0 Å². The van der Waals surface area contributed by atoms with Gasteiger partial charge in [-0.2, -0.15) is 0 Å². The van der Waals surface area contributed by atoms with Crippen molar-refractivity contribution < 1.29 is 24.2 Å². The number of carbonyl (C=O) groups excluding carboxylic acids is 2. The van der Waals surface area contributed by atoms with Crippen molar-refractivity contribution in [1.29, 1.82) is 0 Å². The van der Waals surface area contributed by atoms with Gasteiger partial charge in [-0.3, -0.25) is 4.79 Å². The summed E-state index contributed by atoms with van der Waals surface area (Å²) >= 11 is 0. The highest BCUT2D eigenvalue weighted by Gasteiger charge is 2.48. The molecular weight excluding hydrogens is 314 g/mol. The predicted molar refractivity (Wildman–Crippen MR) is 86.6 cm³/mol. The van der Waals surface area contributed by atoms with E-state index in [1.54, 1.807) is 29.2 Å². The number of likely N-dealkylation sites (tertiary alicyclic amines) is 1. The van der Waals surface area contributed by atoms with Gasteiger partial charge in [-0.05, 0) is 25.0 Å². The maximum atomic E-state index is 12.6. The van der Waals surface area contributed by atoms with Crippen molar-refractivity contribution >= 4 is 23.7 Å². The average Bonchev–Trinajstić information content (AvgIpc) is 2.59. The normalized spacial score (nSPS) is 16.3. The number of methoxy groups -OCH3 is 1. The summed E-state index contributed by atoms with van der Waals surface area (Å²) in [5.41, 5.74) is 4.91. The summed E-state index contributed by atoms with van der Waals surface area (Å²) in [4.78, 5) is 38.2. The smallest absolute Gasteiger partial charge is 0.407 e. The molecule has 1 aromatic carbocycles. The topological polar surface area (TPSA) is 113 Å². The number of esters is 1. The Balaban J connectivity index is 2.41. The van der Waals surface area contributed by atoms with Crippen molar-refractivity contribution in [3.63, 3.8) is 0 Å². The van der Waals surface area contributed by atoms with E-state index < -0.39 is 23.5 Å². The molecule has 24 heavy (non-hydrogen) atoms. The molecule has 2 amide bonds. The average molecular weight is 335 g/mol. The molecule has 0 aliphatic carbocycles. The number of piperidine rings is 1. The number of benzene rings is 1. The van der Waals surface area contributed by atoms with E-state index in [-0.39, 0.29) is 32.5 Å². The van der Waals surface area contributed by atoms with Crippen LogP contribution in [0.3, 0.4) is 0 Å². The van der Waals surface area contributed by atoms with Crippen molar-refractivity contribution in [2.75, 3.05) is 31.6 Å². The molecule has 0 aromatic heterocycles. The molecule has 1 aromatic rings. The number of rotatable bonds is 5. The lowest BCUT2D eigenvalue weighted by Crippen LogP contribution is -2.62. The van der Waals surface area contributed by atoms with Crippen LogP contribution >= 0.6 is 0 Å². The first kappa shape index (κ1) is 17.6. The van der Waals surface area contributed by atoms with E-state index in [1.807, 2.05) is 6.07 Å². The molecule has 0 unspecified atom stereocenters. The molecule has 1 heterocycles. The van der Waals surface area contributed by atoms with Crippen LogP contribution < -0.4 is 10.6 Å². The van der Waals surface area contributed by atoms with Gasteiger partial charge in [0, 0.05) is 18.8 Å². The van der Waals surface area contributed by atoms with Gasteiger partial charge in [-0.1, -0.05) is 18.2 Å². The summed E-state index contributed by atoms with van der Waals surface area (Å²) in [6, 6.07) is 8.96. The van der Waals surface area contributed by atoms with Gasteiger partial charge in [0.1, 0.15) is 5.54 Å². The number of nitrogens with zero attached hydrogens (tertiary/aromatic N) is 2. The van der Waals surface area contributed by atoms with Crippen LogP contribution in [0.4, 0.5) is 10.5 Å². The Kier molecular flexibility index (Phi) is 5.28. The molecule has 0 saturated carbocycles. The standard InChI is InChI=1S/C16H21N3O5/c1-24-14(21)16(7-9-18(10-8-16)15(22)23)19(11-13(17)20)12-5-3-2-4-6-12/h2-6H,7-11H2,1H3,(H2,17,20)(H,22,23). The Morgan fingerprint density at radius 3 is 2.29 bits per heavy atom. The zero-order valence-corrected chi connectivity index (χ0v) is 13.5. The largest absolute Gasteiger partial charge is 0.467 e. The molecule has 8 nitrogen and oxygen atoms in total. The molecule has 0 radical (unpaired) electrons. The number of ether oxygens (including phenoxy) is 1. The van der Waals surface area contributed by atoms with Crippen molar-refractivity contribution in [3.05, 3.63) is 30.3 Å². The lowest BCUT2D eigenvalue weighted by Gasteiger charge is -2.46. The van der Waals surface area contributed by atoms with E-state index >= 15 is 0 Å². The molecule has 0 bridgehead atoms. The van der Waals surface area contributed by atoms with Gasteiger partial charge in [0.2, 0.25) is 5.91 Å². The quantitative estimate of drug-likeness (QED) is 0.765. The van der Waals surface area contributed by atoms with Gasteiger partial charge in [0.05, 0.1) is 13.7 Å². The van der Waals surface area contributed by atoms with E-state index in [0.717, 1.165) is 0 Å². The van der Waals surface area contributed by atoms with Crippen LogP contribution in [0.1, 0.15) is 12.8 Å².